The van der Waals surface area contributed by atoms with E-state index in [4.69, 9.17) is 0 Å². The molecule has 3 aromatic heterocycles. The Labute approximate surface area is 139 Å². The minimum absolute atomic E-state index is 0.116. The maximum absolute atomic E-state index is 12.8. The number of carbonyl (C=O) groups excluding carboxylic acids is 1. The molecule has 1 aliphatic rings. The Kier molecular flexibility index (Phi) is 3.97. The molecule has 0 radical (unpaired) electrons. The maximum Gasteiger partial charge on any atom is 0.236 e. The van der Waals surface area contributed by atoms with Crippen molar-refractivity contribution < 1.29 is 4.79 Å². The van der Waals surface area contributed by atoms with Crippen molar-refractivity contribution in [1.29, 1.82) is 0 Å². The first-order valence-corrected chi connectivity index (χ1v) is 8.93. The van der Waals surface area contributed by atoms with Gasteiger partial charge >= 0.3 is 0 Å². The molecular weight excluding hydrogens is 306 g/mol. The fraction of sp³-hybridized carbons (Fsp3) is 0.333. The number of pyridine rings is 1. The van der Waals surface area contributed by atoms with Crippen LogP contribution in [-0.4, -0.2) is 28.5 Å². The summed E-state index contributed by atoms with van der Waals surface area (Å²) in [6, 6.07) is 7.91. The van der Waals surface area contributed by atoms with E-state index in [1.165, 1.54) is 5.56 Å². The summed E-state index contributed by atoms with van der Waals surface area (Å²) in [5, 5.41) is 5.41. The quantitative estimate of drug-likeness (QED) is 0.802. The smallest absolute Gasteiger partial charge is 0.236 e. The predicted octanol–water partition coefficient (Wildman–Crippen LogP) is 3.45. The molecule has 4 nitrogen and oxygen atoms in total. The number of hydrogen-bond acceptors (Lipinski definition) is 4. The number of thiophene rings is 1. The molecule has 3 aromatic rings. The van der Waals surface area contributed by atoms with Gasteiger partial charge in [-0.15, -0.1) is 11.3 Å². The van der Waals surface area contributed by atoms with Crippen LogP contribution in [0.2, 0.25) is 0 Å². The van der Waals surface area contributed by atoms with Gasteiger partial charge in [-0.25, -0.2) is 0 Å². The molecule has 0 saturated carbocycles. The van der Waals surface area contributed by atoms with Gasteiger partial charge in [0, 0.05) is 17.3 Å². The number of fused-ring (bicyclic) bond motifs is 1. The second-order valence-electron chi connectivity index (χ2n) is 6.00. The number of nitrogens with one attached hydrogen (secondary N) is 1. The molecule has 4 heterocycles. The predicted molar refractivity (Wildman–Crippen MR) is 93.2 cm³/mol. The average molecular weight is 325 g/mol. The van der Waals surface area contributed by atoms with Gasteiger partial charge in [-0.05, 0) is 61.0 Å². The molecule has 4 rings (SSSR count). The second kappa shape index (κ2) is 6.26. The van der Waals surface area contributed by atoms with Crippen LogP contribution in [0.25, 0.3) is 11.0 Å². The number of rotatable bonds is 3. The molecule has 0 atom stereocenters. The van der Waals surface area contributed by atoms with Gasteiger partial charge in [0.05, 0.1) is 17.5 Å². The van der Waals surface area contributed by atoms with Crippen LogP contribution in [0.1, 0.15) is 34.0 Å². The van der Waals surface area contributed by atoms with Crippen LogP contribution < -0.4 is 5.32 Å². The normalized spacial score (nSPS) is 16.0. The van der Waals surface area contributed by atoms with Gasteiger partial charge in [0.1, 0.15) is 0 Å². The first-order valence-electron chi connectivity index (χ1n) is 8.05. The largest absolute Gasteiger partial charge is 0.317 e. The highest BCUT2D eigenvalue weighted by molar-refractivity contribution is 7.10. The molecular formula is C18H19N3OS. The Balaban J connectivity index is 1.73. The van der Waals surface area contributed by atoms with Crippen molar-refractivity contribution in [2.75, 3.05) is 13.1 Å². The van der Waals surface area contributed by atoms with E-state index in [0.717, 1.165) is 41.8 Å². The van der Waals surface area contributed by atoms with E-state index < -0.39 is 0 Å². The zero-order chi connectivity index (χ0) is 15.6. The zero-order valence-corrected chi connectivity index (χ0v) is 13.7. The van der Waals surface area contributed by atoms with E-state index in [1.807, 2.05) is 42.0 Å². The minimum atomic E-state index is 0.116. The van der Waals surface area contributed by atoms with Crippen molar-refractivity contribution in [1.82, 2.24) is 14.9 Å². The number of piperidine rings is 1. The second-order valence-corrected chi connectivity index (χ2v) is 7.03. The van der Waals surface area contributed by atoms with Crippen molar-refractivity contribution in [3.63, 3.8) is 0 Å². The Morgan fingerprint density at radius 3 is 2.96 bits per heavy atom. The third-order valence-corrected chi connectivity index (χ3v) is 5.42. The number of aromatic nitrogens is 2. The van der Waals surface area contributed by atoms with E-state index in [9.17, 15) is 4.79 Å². The van der Waals surface area contributed by atoms with Crippen LogP contribution >= 0.6 is 11.3 Å². The van der Waals surface area contributed by atoms with Crippen molar-refractivity contribution in [3.8, 4) is 0 Å². The molecule has 0 aromatic carbocycles. The van der Waals surface area contributed by atoms with Crippen LogP contribution in [0.4, 0.5) is 0 Å². The van der Waals surface area contributed by atoms with Crippen LogP contribution in [0, 0.1) is 0 Å². The SMILES string of the molecule is O=C(Cc1cccs1)n1cc(C2CCNCC2)c2ncccc21. The lowest BCUT2D eigenvalue weighted by Crippen LogP contribution is -2.26. The molecule has 23 heavy (non-hydrogen) atoms. The van der Waals surface area contributed by atoms with E-state index in [-0.39, 0.29) is 5.91 Å². The fourth-order valence-corrected chi connectivity index (χ4v) is 4.06. The number of hydrogen-bond donors (Lipinski definition) is 1. The van der Waals surface area contributed by atoms with Crippen molar-refractivity contribution in [3.05, 3.63) is 52.5 Å². The van der Waals surface area contributed by atoms with Crippen LogP contribution in [0.3, 0.4) is 0 Å². The van der Waals surface area contributed by atoms with E-state index in [1.54, 1.807) is 15.9 Å². The van der Waals surface area contributed by atoms with Crippen molar-refractivity contribution >= 4 is 28.3 Å². The molecule has 1 saturated heterocycles. The summed E-state index contributed by atoms with van der Waals surface area (Å²) in [5.41, 5.74) is 3.14. The molecule has 1 aliphatic heterocycles. The topological polar surface area (TPSA) is 46.9 Å². The fourth-order valence-electron chi connectivity index (χ4n) is 3.37. The molecule has 1 N–H and O–H groups in total. The Bertz CT molecular complexity index is 816. The molecule has 0 amide bonds. The first-order chi connectivity index (χ1) is 11.3. The molecule has 5 heteroatoms. The number of carbonyl (C=O) groups is 1. The monoisotopic (exact) mass is 325 g/mol. The number of nitrogens with zero attached hydrogens (tertiary/aromatic N) is 2. The maximum atomic E-state index is 12.8. The molecule has 0 aliphatic carbocycles. The summed E-state index contributed by atoms with van der Waals surface area (Å²) >= 11 is 1.63. The highest BCUT2D eigenvalue weighted by Crippen LogP contribution is 2.32. The molecule has 0 spiro atoms. The third kappa shape index (κ3) is 2.82. The van der Waals surface area contributed by atoms with Gasteiger partial charge in [-0.3, -0.25) is 14.3 Å². The van der Waals surface area contributed by atoms with E-state index >= 15 is 0 Å². The van der Waals surface area contributed by atoms with Crippen molar-refractivity contribution in [2.24, 2.45) is 0 Å². The summed E-state index contributed by atoms with van der Waals surface area (Å²) < 4.78 is 1.80. The van der Waals surface area contributed by atoms with E-state index in [2.05, 4.69) is 10.3 Å². The molecule has 0 unspecified atom stereocenters. The van der Waals surface area contributed by atoms with Gasteiger partial charge in [0.15, 0.2) is 0 Å². The summed E-state index contributed by atoms with van der Waals surface area (Å²) in [4.78, 5) is 18.4. The first kappa shape index (κ1) is 14.6. The average Bonchev–Trinajstić information content (AvgIpc) is 3.23. The summed E-state index contributed by atoms with van der Waals surface area (Å²) in [7, 11) is 0. The summed E-state index contributed by atoms with van der Waals surface area (Å²) in [5.74, 6) is 0.607. The van der Waals surface area contributed by atoms with Gasteiger partial charge in [-0.1, -0.05) is 6.07 Å². The lowest BCUT2D eigenvalue weighted by atomic mass is 9.91. The highest BCUT2D eigenvalue weighted by Gasteiger charge is 2.22. The minimum Gasteiger partial charge on any atom is -0.317 e. The van der Waals surface area contributed by atoms with Crippen LogP contribution in [0.5, 0.6) is 0 Å². The molecule has 118 valence electrons. The lowest BCUT2D eigenvalue weighted by molar-refractivity contribution is 0.0920. The highest BCUT2D eigenvalue weighted by atomic mass is 32.1. The Morgan fingerprint density at radius 2 is 2.17 bits per heavy atom. The van der Waals surface area contributed by atoms with Gasteiger partial charge in [0.25, 0.3) is 0 Å². The Morgan fingerprint density at radius 1 is 1.30 bits per heavy atom. The van der Waals surface area contributed by atoms with E-state index in [0.29, 0.717) is 12.3 Å². The zero-order valence-electron chi connectivity index (χ0n) is 12.9. The van der Waals surface area contributed by atoms with Gasteiger partial charge in [0.2, 0.25) is 5.91 Å². The molecule has 1 fully saturated rings. The lowest BCUT2D eigenvalue weighted by Gasteiger charge is -2.21. The summed E-state index contributed by atoms with van der Waals surface area (Å²) in [6.45, 7) is 2.07. The standard InChI is InChI=1S/C18H19N3OS/c22-17(11-14-3-2-10-23-14)21-12-15(13-5-8-19-9-6-13)18-16(21)4-1-7-20-18/h1-4,7,10,12-13,19H,5-6,8-9,11H2. The van der Waals surface area contributed by atoms with Gasteiger partial charge in [-0.2, -0.15) is 0 Å². The molecule has 0 bridgehead atoms. The third-order valence-electron chi connectivity index (χ3n) is 4.54. The van der Waals surface area contributed by atoms with Gasteiger partial charge < -0.3 is 5.32 Å². The van der Waals surface area contributed by atoms with Crippen LogP contribution in [0.15, 0.2) is 42.0 Å². The Hall–Kier alpha value is -1.98. The summed E-state index contributed by atoms with van der Waals surface area (Å²) in [6.07, 6.45) is 6.51. The van der Waals surface area contributed by atoms with Crippen molar-refractivity contribution in [2.45, 2.75) is 25.2 Å². The van der Waals surface area contributed by atoms with Crippen LogP contribution in [-0.2, 0) is 6.42 Å².